The number of sulfonamides is 1. The second kappa shape index (κ2) is 9.94. The van der Waals surface area contributed by atoms with Crippen molar-refractivity contribution in [3.63, 3.8) is 0 Å². The number of ether oxygens (including phenoxy) is 1. The van der Waals surface area contributed by atoms with Crippen LogP contribution < -0.4 is 14.8 Å². The highest BCUT2D eigenvalue weighted by molar-refractivity contribution is 7.89. The number of anilines is 1. The normalized spacial score (nSPS) is 14.3. The van der Waals surface area contributed by atoms with E-state index in [4.69, 9.17) is 21.6 Å². The van der Waals surface area contributed by atoms with Crippen molar-refractivity contribution in [1.82, 2.24) is 4.72 Å². The Morgan fingerprint density at radius 2 is 1.87 bits per heavy atom. The van der Waals surface area contributed by atoms with Gasteiger partial charge in [-0.1, -0.05) is 36.6 Å². The fraction of sp³-hybridized carbons (Fsp3) is 0.333. The molecule has 0 aliphatic heterocycles. The molecule has 2 aromatic carbocycles. The number of carbonyl (C=O) groups is 1. The molecule has 0 heterocycles. The van der Waals surface area contributed by atoms with Crippen LogP contribution in [0.5, 0.6) is 5.75 Å². The summed E-state index contributed by atoms with van der Waals surface area (Å²) >= 11 is 6.17. The van der Waals surface area contributed by atoms with Gasteiger partial charge < -0.3 is 10.1 Å². The third kappa shape index (κ3) is 5.95. The van der Waals surface area contributed by atoms with Gasteiger partial charge in [0.05, 0.1) is 22.4 Å². The van der Waals surface area contributed by atoms with Gasteiger partial charge in [0.15, 0.2) is 6.61 Å². The molecule has 3 rings (SSSR count). The predicted molar refractivity (Wildman–Crippen MR) is 114 cm³/mol. The highest BCUT2D eigenvalue weighted by Crippen LogP contribution is 2.28. The minimum absolute atomic E-state index is 0.0395. The van der Waals surface area contributed by atoms with E-state index in [1.165, 1.54) is 18.2 Å². The minimum atomic E-state index is -3.65. The minimum Gasteiger partial charge on any atom is -0.482 e. The van der Waals surface area contributed by atoms with E-state index in [2.05, 4.69) is 16.1 Å². The summed E-state index contributed by atoms with van der Waals surface area (Å²) in [6, 6.07) is 13.1. The van der Waals surface area contributed by atoms with Crippen LogP contribution in [0.1, 0.15) is 31.2 Å². The Labute approximate surface area is 181 Å². The van der Waals surface area contributed by atoms with Gasteiger partial charge >= 0.3 is 0 Å². The molecule has 2 aromatic rings. The van der Waals surface area contributed by atoms with Crippen molar-refractivity contribution in [3.8, 4) is 11.8 Å². The molecule has 9 heteroatoms. The summed E-state index contributed by atoms with van der Waals surface area (Å²) in [6.07, 6.45) is 4.02. The van der Waals surface area contributed by atoms with E-state index in [1.807, 2.05) is 0 Å². The smallest absolute Gasteiger partial charge is 0.262 e. The average molecular weight is 448 g/mol. The van der Waals surface area contributed by atoms with Crippen molar-refractivity contribution in [1.29, 1.82) is 5.26 Å². The average Bonchev–Trinajstić information content (AvgIpc) is 3.21. The van der Waals surface area contributed by atoms with Crippen LogP contribution in [0.3, 0.4) is 0 Å². The SMILES string of the molecule is N#CCc1ccc(NC(=O)COc2ccc(S(=O)(=O)NC3CCCC3)cc2Cl)cc1. The number of nitrogens with zero attached hydrogens (tertiary/aromatic N) is 1. The molecule has 1 amide bonds. The molecule has 30 heavy (non-hydrogen) atoms. The highest BCUT2D eigenvalue weighted by atomic mass is 35.5. The number of halogens is 1. The topological polar surface area (TPSA) is 108 Å². The molecule has 0 aromatic heterocycles. The van der Waals surface area contributed by atoms with Gasteiger partial charge in [-0.05, 0) is 48.7 Å². The second-order valence-corrected chi connectivity index (χ2v) is 9.18. The van der Waals surface area contributed by atoms with Crippen molar-refractivity contribution in [2.45, 2.75) is 43.0 Å². The molecule has 0 radical (unpaired) electrons. The first-order valence-electron chi connectivity index (χ1n) is 9.58. The van der Waals surface area contributed by atoms with Gasteiger partial charge in [0.1, 0.15) is 5.75 Å². The lowest BCUT2D eigenvalue weighted by molar-refractivity contribution is -0.118. The lowest BCUT2D eigenvalue weighted by Crippen LogP contribution is -2.32. The molecule has 1 aliphatic carbocycles. The number of rotatable bonds is 8. The van der Waals surface area contributed by atoms with Crippen LogP contribution in [0.25, 0.3) is 0 Å². The maximum atomic E-state index is 12.5. The van der Waals surface area contributed by atoms with E-state index in [0.717, 1.165) is 31.2 Å². The predicted octanol–water partition coefficient (Wildman–Crippen LogP) is 3.64. The molecular formula is C21H22ClN3O4S. The summed E-state index contributed by atoms with van der Waals surface area (Å²) in [7, 11) is -3.65. The van der Waals surface area contributed by atoms with Crippen LogP contribution >= 0.6 is 11.6 Å². The highest BCUT2D eigenvalue weighted by Gasteiger charge is 2.23. The Morgan fingerprint density at radius 1 is 1.17 bits per heavy atom. The van der Waals surface area contributed by atoms with Gasteiger partial charge in [-0.2, -0.15) is 5.26 Å². The van der Waals surface area contributed by atoms with Crippen LogP contribution in [0.15, 0.2) is 47.4 Å². The molecule has 0 saturated heterocycles. The van der Waals surface area contributed by atoms with Gasteiger partial charge in [-0.15, -0.1) is 0 Å². The van der Waals surface area contributed by atoms with E-state index in [-0.39, 0.29) is 28.3 Å². The Balaban J connectivity index is 1.56. The molecule has 0 atom stereocenters. The van der Waals surface area contributed by atoms with Crippen LogP contribution in [0.2, 0.25) is 5.02 Å². The van der Waals surface area contributed by atoms with Gasteiger partial charge in [0, 0.05) is 11.7 Å². The van der Waals surface area contributed by atoms with Crippen molar-refractivity contribution < 1.29 is 17.9 Å². The maximum absolute atomic E-state index is 12.5. The van der Waals surface area contributed by atoms with Crippen LogP contribution in [0, 0.1) is 11.3 Å². The molecule has 0 spiro atoms. The summed E-state index contributed by atoms with van der Waals surface area (Å²) in [5, 5.41) is 11.5. The molecule has 1 saturated carbocycles. The summed E-state index contributed by atoms with van der Waals surface area (Å²) < 4.78 is 33.1. The number of nitriles is 1. The Hall–Kier alpha value is -2.60. The monoisotopic (exact) mass is 447 g/mol. The molecule has 158 valence electrons. The molecule has 0 unspecified atom stereocenters. The number of hydrogen-bond donors (Lipinski definition) is 2. The van der Waals surface area contributed by atoms with Crippen LogP contribution in [0.4, 0.5) is 5.69 Å². The van der Waals surface area contributed by atoms with Gasteiger partial charge in [0.25, 0.3) is 5.91 Å². The molecular weight excluding hydrogens is 426 g/mol. The maximum Gasteiger partial charge on any atom is 0.262 e. The fourth-order valence-corrected chi connectivity index (χ4v) is 4.87. The van der Waals surface area contributed by atoms with Crippen molar-refractivity contribution in [2.24, 2.45) is 0 Å². The number of nitrogens with one attached hydrogen (secondary N) is 2. The summed E-state index contributed by atoms with van der Waals surface area (Å²) in [6.45, 7) is -0.286. The number of carbonyl (C=O) groups excluding carboxylic acids is 1. The number of amides is 1. The molecule has 7 nitrogen and oxygen atoms in total. The van der Waals surface area contributed by atoms with Gasteiger partial charge in [-0.25, -0.2) is 13.1 Å². The third-order valence-electron chi connectivity index (χ3n) is 4.77. The van der Waals surface area contributed by atoms with Crippen molar-refractivity contribution >= 4 is 33.2 Å². The van der Waals surface area contributed by atoms with Gasteiger partial charge in [0.2, 0.25) is 10.0 Å². The zero-order valence-electron chi connectivity index (χ0n) is 16.2. The molecule has 1 aliphatic rings. The van der Waals surface area contributed by atoms with Crippen LogP contribution in [-0.4, -0.2) is 27.0 Å². The number of hydrogen-bond acceptors (Lipinski definition) is 5. The molecule has 0 bridgehead atoms. The lowest BCUT2D eigenvalue weighted by Gasteiger charge is -2.14. The first kappa shape index (κ1) is 22.1. The number of benzene rings is 2. The Morgan fingerprint density at radius 3 is 2.50 bits per heavy atom. The fourth-order valence-electron chi connectivity index (χ4n) is 3.23. The summed E-state index contributed by atoms with van der Waals surface area (Å²) in [5.74, 6) is -0.172. The first-order valence-corrected chi connectivity index (χ1v) is 11.4. The zero-order chi connectivity index (χ0) is 21.6. The first-order chi connectivity index (χ1) is 14.4. The van der Waals surface area contributed by atoms with Crippen LogP contribution in [-0.2, 0) is 21.2 Å². The van der Waals surface area contributed by atoms with Crippen molar-refractivity contribution in [3.05, 3.63) is 53.1 Å². The Kier molecular flexibility index (Phi) is 7.32. The Bertz CT molecular complexity index is 1040. The quantitative estimate of drug-likeness (QED) is 0.642. The molecule has 2 N–H and O–H groups in total. The standard InChI is InChI=1S/C21H22ClN3O4S/c22-19-13-18(30(27,28)25-17-3-1-2-4-17)9-10-20(19)29-14-21(26)24-16-7-5-15(6-8-16)11-12-23/h5-10,13,17,25H,1-4,11,14H2,(H,24,26). The lowest BCUT2D eigenvalue weighted by atomic mass is 10.1. The largest absolute Gasteiger partial charge is 0.482 e. The van der Waals surface area contributed by atoms with E-state index >= 15 is 0 Å². The van der Waals surface area contributed by atoms with Crippen molar-refractivity contribution in [2.75, 3.05) is 11.9 Å². The van der Waals surface area contributed by atoms with E-state index in [9.17, 15) is 13.2 Å². The molecule has 1 fully saturated rings. The van der Waals surface area contributed by atoms with E-state index in [0.29, 0.717) is 12.1 Å². The third-order valence-corrected chi connectivity index (χ3v) is 6.58. The zero-order valence-corrected chi connectivity index (χ0v) is 17.8. The van der Waals surface area contributed by atoms with E-state index in [1.54, 1.807) is 24.3 Å². The summed E-state index contributed by atoms with van der Waals surface area (Å²) in [4.78, 5) is 12.2. The van der Waals surface area contributed by atoms with Gasteiger partial charge in [-0.3, -0.25) is 4.79 Å². The summed E-state index contributed by atoms with van der Waals surface area (Å²) in [5.41, 5.74) is 1.44. The van der Waals surface area contributed by atoms with E-state index < -0.39 is 15.9 Å². The second-order valence-electron chi connectivity index (χ2n) is 7.06.